The molecule has 0 spiro atoms. The maximum absolute atomic E-state index is 11.8. The molecule has 61 heavy (non-hydrogen) atoms. The van der Waals surface area contributed by atoms with Gasteiger partial charge in [-0.3, -0.25) is 19.2 Å². The largest absolute Gasteiger partial charge is 0.493 e. The number of hydrogen-bond donors (Lipinski definition) is 1. The van der Waals surface area contributed by atoms with Crippen molar-refractivity contribution in [2.75, 3.05) is 34.5 Å². The summed E-state index contributed by atoms with van der Waals surface area (Å²) < 4.78 is 37.0. The highest BCUT2D eigenvalue weighted by molar-refractivity contribution is 5.95. The number of carboxylic acid groups (broad SMARTS) is 1. The SMILES string of the molecule is COC(=O)C(Cc1ccc(OCCc2nc(-c3ccccc3)oc2C)cc1)C(=O)O.COC(=O)C(Cc1ccc(OCCc2nc(-c3ccccc3)oc2C)cc1)C(=O)OC. The first-order valence-electron chi connectivity index (χ1n) is 19.4. The topological polar surface area (TPSA) is 187 Å². The second kappa shape index (κ2) is 22.2. The third-order valence-electron chi connectivity index (χ3n) is 9.52. The fourth-order valence-corrected chi connectivity index (χ4v) is 6.14. The average molecular weight is 833 g/mol. The molecule has 6 aromatic rings. The van der Waals surface area contributed by atoms with Crippen LogP contribution in [-0.2, 0) is 59.1 Å². The van der Waals surface area contributed by atoms with Gasteiger partial charge < -0.3 is 37.6 Å². The Kier molecular flexibility index (Phi) is 16.4. The number of nitrogens with zero attached hydrogens (tertiary/aromatic N) is 2. The summed E-state index contributed by atoms with van der Waals surface area (Å²) in [6.07, 6.45) is 1.45. The predicted molar refractivity (Wildman–Crippen MR) is 223 cm³/mol. The fourth-order valence-electron chi connectivity index (χ4n) is 6.14. The molecule has 2 aromatic heterocycles. The molecule has 2 heterocycles. The Morgan fingerprint density at radius 3 is 1.26 bits per heavy atom. The molecule has 0 aliphatic heterocycles. The van der Waals surface area contributed by atoms with Crippen LogP contribution in [-0.4, -0.2) is 73.5 Å². The summed E-state index contributed by atoms with van der Waals surface area (Å²) in [6, 6.07) is 33.6. The van der Waals surface area contributed by atoms with Gasteiger partial charge in [0, 0.05) is 24.0 Å². The highest BCUT2D eigenvalue weighted by Gasteiger charge is 2.29. The molecule has 0 aliphatic carbocycles. The van der Waals surface area contributed by atoms with Crippen molar-refractivity contribution < 1.29 is 56.8 Å². The van der Waals surface area contributed by atoms with Crippen LogP contribution < -0.4 is 9.47 Å². The van der Waals surface area contributed by atoms with Crippen molar-refractivity contribution in [3.05, 3.63) is 143 Å². The van der Waals surface area contributed by atoms with Crippen molar-refractivity contribution in [2.24, 2.45) is 11.8 Å². The molecule has 318 valence electrons. The summed E-state index contributed by atoms with van der Waals surface area (Å²) in [5.41, 5.74) is 5.07. The second-order valence-electron chi connectivity index (χ2n) is 13.7. The van der Waals surface area contributed by atoms with Crippen LogP contribution in [0.25, 0.3) is 22.9 Å². The van der Waals surface area contributed by atoms with Gasteiger partial charge in [-0.05, 0) is 86.3 Å². The van der Waals surface area contributed by atoms with Crippen LogP contribution >= 0.6 is 0 Å². The van der Waals surface area contributed by atoms with Gasteiger partial charge in [0.25, 0.3) is 0 Å². The Hall–Kier alpha value is -7.22. The summed E-state index contributed by atoms with van der Waals surface area (Å²) in [5, 5.41) is 9.17. The van der Waals surface area contributed by atoms with Crippen LogP contribution in [0.1, 0.15) is 34.0 Å². The molecular weight excluding hydrogens is 785 g/mol. The number of ether oxygens (including phenoxy) is 5. The summed E-state index contributed by atoms with van der Waals surface area (Å²) in [4.78, 5) is 55.6. The molecule has 4 aromatic carbocycles. The number of carbonyl (C=O) groups is 4. The minimum Gasteiger partial charge on any atom is -0.493 e. The zero-order chi connectivity index (χ0) is 43.7. The first-order valence-corrected chi connectivity index (χ1v) is 19.4. The number of oxazole rings is 2. The highest BCUT2D eigenvalue weighted by atomic mass is 16.5. The van der Waals surface area contributed by atoms with E-state index in [1.165, 1.54) is 21.3 Å². The van der Waals surface area contributed by atoms with Gasteiger partial charge in [0.1, 0.15) is 23.0 Å². The van der Waals surface area contributed by atoms with E-state index in [4.69, 9.17) is 18.3 Å². The lowest BCUT2D eigenvalue weighted by molar-refractivity contribution is -0.159. The Balaban J connectivity index is 0.000000231. The molecule has 1 unspecified atom stereocenters. The average Bonchev–Trinajstić information content (AvgIpc) is 3.86. The number of aromatic nitrogens is 2. The molecule has 14 nitrogen and oxygen atoms in total. The van der Waals surface area contributed by atoms with Gasteiger partial charge in [0.15, 0.2) is 11.8 Å². The van der Waals surface area contributed by atoms with Gasteiger partial charge in [0.2, 0.25) is 11.8 Å². The van der Waals surface area contributed by atoms with Gasteiger partial charge >= 0.3 is 23.9 Å². The van der Waals surface area contributed by atoms with Crippen LogP contribution in [0.2, 0.25) is 0 Å². The first kappa shape index (κ1) is 44.9. The number of methoxy groups -OCH3 is 3. The van der Waals surface area contributed by atoms with E-state index in [0.717, 1.165) is 39.6 Å². The summed E-state index contributed by atoms with van der Waals surface area (Å²) in [6.45, 7) is 4.63. The Morgan fingerprint density at radius 2 is 0.902 bits per heavy atom. The predicted octanol–water partition coefficient (Wildman–Crippen LogP) is 7.46. The summed E-state index contributed by atoms with van der Waals surface area (Å²) >= 11 is 0. The second-order valence-corrected chi connectivity index (χ2v) is 13.7. The van der Waals surface area contributed by atoms with Crippen molar-refractivity contribution >= 4 is 23.9 Å². The number of carbonyl (C=O) groups excluding carboxylic acids is 3. The lowest BCUT2D eigenvalue weighted by Gasteiger charge is -2.13. The third-order valence-corrected chi connectivity index (χ3v) is 9.52. The van der Waals surface area contributed by atoms with E-state index in [1.807, 2.05) is 86.6 Å². The molecule has 0 aliphatic rings. The van der Waals surface area contributed by atoms with E-state index >= 15 is 0 Å². The molecule has 0 fully saturated rings. The van der Waals surface area contributed by atoms with Crippen molar-refractivity contribution in [3.8, 4) is 34.4 Å². The Bertz CT molecular complexity index is 2320. The normalized spacial score (nSPS) is 11.2. The zero-order valence-electron chi connectivity index (χ0n) is 34.6. The summed E-state index contributed by atoms with van der Waals surface area (Å²) in [7, 11) is 3.66. The number of rotatable bonds is 18. The molecule has 1 N–H and O–H groups in total. The van der Waals surface area contributed by atoms with Crippen molar-refractivity contribution in [1.82, 2.24) is 9.97 Å². The highest BCUT2D eigenvalue weighted by Crippen LogP contribution is 2.24. The lowest BCUT2D eigenvalue weighted by atomic mass is 9.99. The van der Waals surface area contributed by atoms with Gasteiger partial charge in [0.05, 0.1) is 45.9 Å². The maximum Gasteiger partial charge on any atom is 0.320 e. The van der Waals surface area contributed by atoms with E-state index in [0.29, 0.717) is 54.9 Å². The van der Waals surface area contributed by atoms with Crippen molar-refractivity contribution in [1.29, 1.82) is 0 Å². The number of benzene rings is 4. The van der Waals surface area contributed by atoms with Gasteiger partial charge in [-0.25, -0.2) is 9.97 Å². The van der Waals surface area contributed by atoms with Crippen molar-refractivity contribution in [2.45, 2.75) is 39.5 Å². The van der Waals surface area contributed by atoms with E-state index in [9.17, 15) is 24.3 Å². The van der Waals surface area contributed by atoms with Gasteiger partial charge in [-0.1, -0.05) is 60.7 Å². The quantitative estimate of drug-likeness (QED) is 0.0511. The van der Waals surface area contributed by atoms with Gasteiger partial charge in [-0.15, -0.1) is 0 Å². The molecule has 0 saturated heterocycles. The lowest BCUT2D eigenvalue weighted by Crippen LogP contribution is -2.28. The molecule has 14 heteroatoms. The van der Waals surface area contributed by atoms with Crippen LogP contribution in [0.5, 0.6) is 11.5 Å². The molecule has 0 saturated carbocycles. The van der Waals surface area contributed by atoms with Crippen LogP contribution in [0.15, 0.2) is 118 Å². The first-order chi connectivity index (χ1) is 29.5. The van der Waals surface area contributed by atoms with Crippen LogP contribution in [0.4, 0.5) is 0 Å². The molecule has 6 rings (SSSR count). The van der Waals surface area contributed by atoms with Gasteiger partial charge in [-0.2, -0.15) is 0 Å². The van der Waals surface area contributed by atoms with E-state index in [-0.39, 0.29) is 12.8 Å². The number of carboxylic acids is 1. The fraction of sp³-hybridized carbons (Fsp3) is 0.277. The van der Waals surface area contributed by atoms with E-state index in [1.54, 1.807) is 36.4 Å². The molecule has 0 amide bonds. The minimum atomic E-state index is -1.23. The monoisotopic (exact) mass is 832 g/mol. The van der Waals surface area contributed by atoms with E-state index < -0.39 is 35.7 Å². The Morgan fingerprint density at radius 1 is 0.541 bits per heavy atom. The van der Waals surface area contributed by atoms with Crippen LogP contribution in [0.3, 0.4) is 0 Å². The smallest absolute Gasteiger partial charge is 0.320 e. The summed E-state index contributed by atoms with van der Waals surface area (Å²) in [5.74, 6) is -1.38. The maximum atomic E-state index is 11.8. The zero-order valence-corrected chi connectivity index (χ0v) is 34.6. The standard InChI is InChI=1S/C24H25NO6.C23H23NO6/c1-16-21(25-22(31-16)18-7-5-4-6-8-18)13-14-30-19-11-9-17(10-12-19)15-20(23(26)28-2)24(27)29-3;1-15-20(24-21(30-15)17-6-4-3-5-7-17)12-13-29-18-10-8-16(9-11-18)14-19(22(25)26)23(27)28-2/h4-12,20H,13-15H2,1-3H3;3-11,19H,12-14H2,1-2H3,(H,25,26). The van der Waals surface area contributed by atoms with Crippen LogP contribution in [0, 0.1) is 25.7 Å². The third kappa shape index (κ3) is 12.9. The van der Waals surface area contributed by atoms with E-state index in [2.05, 4.69) is 24.2 Å². The number of esters is 3. The van der Waals surface area contributed by atoms with Crippen molar-refractivity contribution in [3.63, 3.8) is 0 Å². The Labute approximate surface area is 353 Å². The minimum absolute atomic E-state index is 0.0582. The molecule has 1 atom stereocenters. The molecular formula is C47H48N2O12. The molecule has 0 radical (unpaired) electrons. The molecule has 0 bridgehead atoms. The number of hydrogen-bond acceptors (Lipinski definition) is 13. The number of aryl methyl sites for hydroxylation is 2. The number of aliphatic carboxylic acids is 1.